The van der Waals surface area contributed by atoms with Crippen LogP contribution >= 0.6 is 11.6 Å². The summed E-state index contributed by atoms with van der Waals surface area (Å²) in [6.07, 6.45) is -3.94. The molecule has 6 nitrogen and oxygen atoms in total. The van der Waals surface area contributed by atoms with Gasteiger partial charge >= 0.3 is 6.18 Å². The number of aromatic nitrogens is 3. The zero-order valence-electron chi connectivity index (χ0n) is 15.5. The van der Waals surface area contributed by atoms with Crippen molar-refractivity contribution in [2.45, 2.75) is 20.0 Å². The maximum atomic E-state index is 12.7. The highest BCUT2D eigenvalue weighted by Gasteiger charge is 2.31. The fraction of sp³-hybridized carbons (Fsp3) is 0.211. The molecule has 0 bridgehead atoms. The third-order valence-corrected chi connectivity index (χ3v) is 4.47. The van der Waals surface area contributed by atoms with Crippen LogP contribution in [0.4, 0.5) is 13.2 Å². The highest BCUT2D eigenvalue weighted by atomic mass is 35.5. The van der Waals surface area contributed by atoms with E-state index in [4.69, 9.17) is 16.3 Å². The summed E-state index contributed by atoms with van der Waals surface area (Å²) in [5.41, 5.74) is -0.0219. The molecular formula is C19H15ClF3N3O3. The smallest absolute Gasteiger partial charge is 0.417 e. The summed E-state index contributed by atoms with van der Waals surface area (Å²) in [6, 6.07) is 5.33. The van der Waals surface area contributed by atoms with E-state index in [0.29, 0.717) is 23.0 Å². The second-order valence-electron chi connectivity index (χ2n) is 6.33. The standard InChI is InChI=1S/C19H15ClF3N3O3/c1-9-6-12(29-17-14(20)7-11(8-24-17)19(21,22)23)4-5-13(9)15-16(27)10(2)25-26(3)18(15)28/h4-8,27H,1-3H3. The molecule has 0 radical (unpaired) electrons. The van der Waals surface area contributed by atoms with Crippen molar-refractivity contribution in [1.29, 1.82) is 0 Å². The zero-order chi connectivity index (χ0) is 21.5. The van der Waals surface area contributed by atoms with Gasteiger partial charge in [-0.05, 0) is 43.2 Å². The molecule has 0 aliphatic rings. The number of rotatable bonds is 3. The van der Waals surface area contributed by atoms with Crippen LogP contribution in [-0.2, 0) is 13.2 Å². The molecule has 152 valence electrons. The number of pyridine rings is 1. The van der Waals surface area contributed by atoms with E-state index in [1.54, 1.807) is 26.0 Å². The maximum Gasteiger partial charge on any atom is 0.417 e. The van der Waals surface area contributed by atoms with E-state index in [-0.39, 0.29) is 28.0 Å². The second-order valence-corrected chi connectivity index (χ2v) is 6.73. The largest absolute Gasteiger partial charge is 0.505 e. The molecule has 1 aromatic carbocycles. The third-order valence-electron chi connectivity index (χ3n) is 4.20. The lowest BCUT2D eigenvalue weighted by molar-refractivity contribution is -0.137. The molecule has 10 heteroatoms. The summed E-state index contributed by atoms with van der Waals surface area (Å²) >= 11 is 5.86. The molecule has 2 aromatic heterocycles. The molecular weight excluding hydrogens is 411 g/mol. The monoisotopic (exact) mass is 425 g/mol. The fourth-order valence-corrected chi connectivity index (χ4v) is 2.96. The van der Waals surface area contributed by atoms with Gasteiger partial charge in [-0.1, -0.05) is 17.7 Å². The molecule has 0 unspecified atom stereocenters. The molecule has 0 amide bonds. The van der Waals surface area contributed by atoms with E-state index in [0.717, 1.165) is 10.7 Å². The average molecular weight is 426 g/mol. The maximum absolute atomic E-state index is 12.7. The second kappa shape index (κ2) is 7.40. The normalized spacial score (nSPS) is 11.6. The van der Waals surface area contributed by atoms with Gasteiger partial charge in [-0.3, -0.25) is 4.79 Å². The van der Waals surface area contributed by atoms with Crippen molar-refractivity contribution in [1.82, 2.24) is 14.8 Å². The Morgan fingerprint density at radius 1 is 1.21 bits per heavy atom. The highest BCUT2D eigenvalue weighted by Crippen LogP contribution is 2.36. The SMILES string of the molecule is Cc1cc(Oc2ncc(C(F)(F)F)cc2Cl)ccc1-c1c(O)c(C)nn(C)c1=O. The summed E-state index contributed by atoms with van der Waals surface area (Å²) < 4.78 is 44.8. The van der Waals surface area contributed by atoms with Crippen LogP contribution in [0.3, 0.4) is 0 Å². The summed E-state index contributed by atoms with van der Waals surface area (Å²) in [5, 5.41) is 13.9. The molecule has 0 saturated heterocycles. The molecule has 29 heavy (non-hydrogen) atoms. The van der Waals surface area contributed by atoms with Crippen LogP contribution in [0, 0.1) is 13.8 Å². The van der Waals surface area contributed by atoms with Gasteiger partial charge in [0.15, 0.2) is 5.75 Å². The number of nitrogens with zero attached hydrogens (tertiary/aromatic N) is 3. The van der Waals surface area contributed by atoms with Crippen molar-refractivity contribution in [3.8, 4) is 28.5 Å². The summed E-state index contributed by atoms with van der Waals surface area (Å²) in [6.45, 7) is 3.27. The van der Waals surface area contributed by atoms with Gasteiger partial charge in [0.05, 0.1) is 11.1 Å². The van der Waals surface area contributed by atoms with Crippen molar-refractivity contribution in [3.63, 3.8) is 0 Å². The van der Waals surface area contributed by atoms with Gasteiger partial charge in [-0.2, -0.15) is 18.3 Å². The minimum Gasteiger partial charge on any atom is -0.505 e. The van der Waals surface area contributed by atoms with Crippen LogP contribution in [0.15, 0.2) is 35.3 Å². The van der Waals surface area contributed by atoms with Gasteiger partial charge < -0.3 is 9.84 Å². The quantitative estimate of drug-likeness (QED) is 0.662. The van der Waals surface area contributed by atoms with E-state index in [1.807, 2.05) is 0 Å². The van der Waals surface area contributed by atoms with Gasteiger partial charge in [0, 0.05) is 13.2 Å². The lowest BCUT2D eigenvalue weighted by atomic mass is 10.0. The number of benzene rings is 1. The molecule has 3 aromatic rings. The van der Waals surface area contributed by atoms with Gasteiger partial charge in [0.25, 0.3) is 5.56 Å². The first-order valence-corrected chi connectivity index (χ1v) is 8.65. The van der Waals surface area contributed by atoms with Gasteiger partial charge in [0.2, 0.25) is 5.88 Å². The Balaban J connectivity index is 1.97. The molecule has 0 aliphatic heterocycles. The Bertz CT molecular complexity index is 1160. The summed E-state index contributed by atoms with van der Waals surface area (Å²) in [4.78, 5) is 16.0. The average Bonchev–Trinajstić information content (AvgIpc) is 2.62. The molecule has 0 atom stereocenters. The Morgan fingerprint density at radius 3 is 2.48 bits per heavy atom. The summed E-state index contributed by atoms with van der Waals surface area (Å²) in [5.74, 6) is -0.162. The first-order valence-electron chi connectivity index (χ1n) is 8.27. The van der Waals surface area contributed by atoms with Gasteiger partial charge in [-0.15, -0.1) is 0 Å². The van der Waals surface area contributed by atoms with E-state index in [2.05, 4.69) is 10.1 Å². The van der Waals surface area contributed by atoms with Crippen LogP contribution in [0.1, 0.15) is 16.8 Å². The Kier molecular flexibility index (Phi) is 5.27. The van der Waals surface area contributed by atoms with Gasteiger partial charge in [-0.25, -0.2) is 9.67 Å². The van der Waals surface area contributed by atoms with Crippen LogP contribution in [0.2, 0.25) is 5.02 Å². The molecule has 0 fully saturated rings. The molecule has 0 aliphatic carbocycles. The number of hydrogen-bond acceptors (Lipinski definition) is 5. The Morgan fingerprint density at radius 2 is 1.90 bits per heavy atom. The lowest BCUT2D eigenvalue weighted by Gasteiger charge is -2.13. The van der Waals surface area contributed by atoms with Crippen molar-refractivity contribution in [2.24, 2.45) is 7.05 Å². The molecule has 0 saturated carbocycles. The van der Waals surface area contributed by atoms with Gasteiger partial charge in [0.1, 0.15) is 16.5 Å². The van der Waals surface area contributed by atoms with E-state index in [1.165, 1.54) is 13.1 Å². The molecule has 2 heterocycles. The first kappa shape index (κ1) is 20.7. The minimum absolute atomic E-state index is 0.0923. The Labute approximate surface area is 168 Å². The lowest BCUT2D eigenvalue weighted by Crippen LogP contribution is -2.22. The van der Waals surface area contributed by atoms with Crippen LogP contribution < -0.4 is 10.3 Å². The van der Waals surface area contributed by atoms with E-state index in [9.17, 15) is 23.1 Å². The number of hydrogen-bond donors (Lipinski definition) is 1. The predicted octanol–water partition coefficient (Wildman–Crippen LogP) is 4.63. The van der Waals surface area contributed by atoms with Crippen LogP contribution in [0.25, 0.3) is 11.1 Å². The van der Waals surface area contributed by atoms with Crippen molar-refractivity contribution < 1.29 is 23.0 Å². The number of ether oxygens (including phenoxy) is 1. The topological polar surface area (TPSA) is 77.2 Å². The molecule has 3 rings (SSSR count). The summed E-state index contributed by atoms with van der Waals surface area (Å²) in [7, 11) is 1.48. The van der Waals surface area contributed by atoms with E-state index >= 15 is 0 Å². The zero-order valence-corrected chi connectivity index (χ0v) is 16.3. The van der Waals surface area contributed by atoms with Crippen LogP contribution in [-0.4, -0.2) is 19.9 Å². The highest BCUT2D eigenvalue weighted by molar-refractivity contribution is 6.31. The Hall–Kier alpha value is -3.07. The van der Waals surface area contributed by atoms with Crippen molar-refractivity contribution >= 4 is 11.6 Å². The number of halogens is 4. The molecule has 0 spiro atoms. The van der Waals surface area contributed by atoms with Crippen molar-refractivity contribution in [3.05, 3.63) is 62.7 Å². The third kappa shape index (κ3) is 4.04. The fourth-order valence-electron chi connectivity index (χ4n) is 2.75. The van der Waals surface area contributed by atoms with E-state index < -0.39 is 17.3 Å². The first-order chi connectivity index (χ1) is 13.5. The number of aryl methyl sites for hydroxylation is 3. The predicted molar refractivity (Wildman–Crippen MR) is 100 cm³/mol. The van der Waals surface area contributed by atoms with Crippen molar-refractivity contribution in [2.75, 3.05) is 0 Å². The minimum atomic E-state index is -4.57. The number of alkyl halides is 3. The van der Waals surface area contributed by atoms with Crippen LogP contribution in [0.5, 0.6) is 17.4 Å². The number of aromatic hydroxyl groups is 1. The molecule has 1 N–H and O–H groups in total.